The Hall–Kier alpha value is -3.03. The summed E-state index contributed by atoms with van der Waals surface area (Å²) in [6.45, 7) is 3.62. The van der Waals surface area contributed by atoms with Gasteiger partial charge in [0.05, 0.1) is 20.3 Å². The molecule has 1 aromatic carbocycles. The maximum atomic E-state index is 12.4. The van der Waals surface area contributed by atoms with Crippen LogP contribution in [0.2, 0.25) is 0 Å². The molecule has 0 bridgehead atoms. The summed E-state index contributed by atoms with van der Waals surface area (Å²) in [5, 5.41) is 2.88. The molecule has 0 saturated carbocycles. The van der Waals surface area contributed by atoms with Gasteiger partial charge in [0.2, 0.25) is 0 Å². The van der Waals surface area contributed by atoms with Crippen molar-refractivity contribution >= 4 is 11.7 Å². The Morgan fingerprint density at radius 1 is 1.23 bits per heavy atom. The van der Waals surface area contributed by atoms with Crippen LogP contribution in [0.25, 0.3) is 0 Å². The number of ether oxygens (including phenoxy) is 3. The molecule has 0 aliphatic carbocycles. The zero-order chi connectivity index (χ0) is 18.4. The molecule has 1 unspecified atom stereocenters. The topological polar surface area (TPSA) is 85.8 Å². The fourth-order valence-corrected chi connectivity index (χ4v) is 2.70. The van der Waals surface area contributed by atoms with E-state index in [-0.39, 0.29) is 12.1 Å². The first-order valence-corrected chi connectivity index (χ1v) is 8.50. The van der Waals surface area contributed by atoms with Crippen LogP contribution in [0.5, 0.6) is 17.5 Å². The Labute approximate surface area is 152 Å². The second-order valence-corrected chi connectivity index (χ2v) is 5.73. The third-order valence-electron chi connectivity index (χ3n) is 3.95. The number of likely N-dealkylation sites (tertiary alicyclic amines) is 1. The van der Waals surface area contributed by atoms with Crippen LogP contribution >= 0.6 is 0 Å². The van der Waals surface area contributed by atoms with Crippen LogP contribution in [0.1, 0.15) is 13.3 Å². The minimum Gasteiger partial charge on any atom is -0.494 e. The lowest BCUT2D eigenvalue weighted by Gasteiger charge is -2.18. The number of rotatable bonds is 6. The first-order valence-electron chi connectivity index (χ1n) is 8.50. The number of amides is 2. The number of urea groups is 1. The van der Waals surface area contributed by atoms with Crippen molar-refractivity contribution < 1.29 is 19.0 Å². The van der Waals surface area contributed by atoms with Crippen molar-refractivity contribution in [2.75, 3.05) is 32.1 Å². The van der Waals surface area contributed by atoms with Gasteiger partial charge in [-0.3, -0.25) is 0 Å². The summed E-state index contributed by atoms with van der Waals surface area (Å²) in [4.78, 5) is 22.3. The summed E-state index contributed by atoms with van der Waals surface area (Å²) in [5.41, 5.74) is 0.721. The van der Waals surface area contributed by atoms with E-state index in [4.69, 9.17) is 14.2 Å². The highest BCUT2D eigenvalue weighted by Crippen LogP contribution is 2.24. The molecule has 0 radical (unpaired) electrons. The van der Waals surface area contributed by atoms with Gasteiger partial charge >= 0.3 is 6.03 Å². The predicted octanol–water partition coefficient (Wildman–Crippen LogP) is 2.57. The molecule has 8 heteroatoms. The standard InChI is InChI=1S/C18H22N4O4/c1-3-25-14-6-4-13(5-7-14)21-18(23)22-11-8-15(12-22)26-17-16(24-2)19-9-10-20-17/h4-7,9-10,15H,3,8,11-12H2,1-2H3,(H,21,23). The first-order chi connectivity index (χ1) is 12.7. The smallest absolute Gasteiger partial charge is 0.321 e. The molecule has 1 atom stereocenters. The lowest BCUT2D eigenvalue weighted by molar-refractivity contribution is 0.182. The minimum absolute atomic E-state index is 0.147. The average Bonchev–Trinajstić information content (AvgIpc) is 3.13. The summed E-state index contributed by atoms with van der Waals surface area (Å²) in [6, 6.07) is 7.13. The number of hydrogen-bond acceptors (Lipinski definition) is 6. The molecule has 138 valence electrons. The normalized spacial score (nSPS) is 16.2. The Morgan fingerprint density at radius 3 is 2.65 bits per heavy atom. The highest BCUT2D eigenvalue weighted by Gasteiger charge is 2.29. The summed E-state index contributed by atoms with van der Waals surface area (Å²) < 4.78 is 16.4. The van der Waals surface area contributed by atoms with Crippen molar-refractivity contribution in [3.05, 3.63) is 36.7 Å². The molecule has 1 aliphatic heterocycles. The lowest BCUT2D eigenvalue weighted by atomic mass is 10.3. The Balaban J connectivity index is 1.53. The van der Waals surface area contributed by atoms with Crippen LogP contribution in [0.15, 0.2) is 36.7 Å². The molecule has 1 fully saturated rings. The SMILES string of the molecule is CCOc1ccc(NC(=O)N2CCC(Oc3nccnc3OC)C2)cc1. The van der Waals surface area contributed by atoms with Crippen LogP contribution in [0.3, 0.4) is 0 Å². The number of benzene rings is 1. The molecular weight excluding hydrogens is 336 g/mol. The monoisotopic (exact) mass is 358 g/mol. The van der Waals surface area contributed by atoms with Gasteiger partial charge < -0.3 is 24.4 Å². The van der Waals surface area contributed by atoms with Gasteiger partial charge in [-0.15, -0.1) is 0 Å². The molecule has 2 amide bonds. The number of nitrogens with one attached hydrogen (secondary N) is 1. The number of aromatic nitrogens is 2. The molecule has 0 spiro atoms. The number of carbonyl (C=O) groups is 1. The van der Waals surface area contributed by atoms with Gasteiger partial charge in [-0.25, -0.2) is 14.8 Å². The lowest BCUT2D eigenvalue weighted by Crippen LogP contribution is -2.34. The second-order valence-electron chi connectivity index (χ2n) is 5.73. The van der Waals surface area contributed by atoms with Crippen molar-refractivity contribution in [1.29, 1.82) is 0 Å². The number of hydrogen-bond donors (Lipinski definition) is 1. The quantitative estimate of drug-likeness (QED) is 0.854. The van der Waals surface area contributed by atoms with E-state index in [9.17, 15) is 4.79 Å². The fraction of sp³-hybridized carbons (Fsp3) is 0.389. The number of nitrogens with zero attached hydrogens (tertiary/aromatic N) is 3. The maximum Gasteiger partial charge on any atom is 0.321 e. The van der Waals surface area contributed by atoms with Gasteiger partial charge in [-0.05, 0) is 31.2 Å². The van der Waals surface area contributed by atoms with E-state index < -0.39 is 0 Å². The zero-order valence-electron chi connectivity index (χ0n) is 14.8. The van der Waals surface area contributed by atoms with E-state index in [1.807, 2.05) is 31.2 Å². The number of anilines is 1. The first kappa shape index (κ1) is 17.8. The third-order valence-corrected chi connectivity index (χ3v) is 3.95. The van der Waals surface area contributed by atoms with Gasteiger partial charge in [0, 0.05) is 31.0 Å². The van der Waals surface area contributed by atoms with E-state index in [2.05, 4.69) is 15.3 Å². The predicted molar refractivity (Wildman–Crippen MR) is 95.8 cm³/mol. The molecule has 1 aliphatic rings. The summed E-state index contributed by atoms with van der Waals surface area (Å²) in [6.07, 6.45) is 3.66. The van der Waals surface area contributed by atoms with E-state index >= 15 is 0 Å². The van der Waals surface area contributed by atoms with E-state index in [1.54, 1.807) is 11.1 Å². The zero-order valence-corrected chi connectivity index (χ0v) is 14.8. The van der Waals surface area contributed by atoms with Crippen molar-refractivity contribution in [2.24, 2.45) is 0 Å². The molecule has 2 aromatic rings. The van der Waals surface area contributed by atoms with Gasteiger partial charge in [0.25, 0.3) is 11.8 Å². The van der Waals surface area contributed by atoms with Crippen molar-refractivity contribution in [2.45, 2.75) is 19.4 Å². The van der Waals surface area contributed by atoms with E-state index in [1.165, 1.54) is 13.3 Å². The molecule has 26 heavy (non-hydrogen) atoms. The molecule has 1 N–H and O–H groups in total. The van der Waals surface area contributed by atoms with Crippen LogP contribution in [-0.4, -0.2) is 53.8 Å². The third kappa shape index (κ3) is 4.33. The summed E-state index contributed by atoms with van der Waals surface area (Å²) >= 11 is 0. The summed E-state index contributed by atoms with van der Waals surface area (Å²) in [7, 11) is 1.52. The second kappa shape index (κ2) is 8.37. The Kier molecular flexibility index (Phi) is 5.73. The van der Waals surface area contributed by atoms with Crippen LogP contribution < -0.4 is 19.5 Å². The molecule has 1 aromatic heterocycles. The van der Waals surface area contributed by atoms with E-state index in [0.717, 1.165) is 17.9 Å². The van der Waals surface area contributed by atoms with Crippen LogP contribution in [0, 0.1) is 0 Å². The maximum absolute atomic E-state index is 12.4. The molecule has 3 rings (SSSR count). The van der Waals surface area contributed by atoms with Gasteiger partial charge in [0.1, 0.15) is 11.9 Å². The fourth-order valence-electron chi connectivity index (χ4n) is 2.70. The van der Waals surface area contributed by atoms with Crippen molar-refractivity contribution in [3.8, 4) is 17.5 Å². The molecule has 1 saturated heterocycles. The van der Waals surface area contributed by atoms with Crippen molar-refractivity contribution in [3.63, 3.8) is 0 Å². The molecule has 8 nitrogen and oxygen atoms in total. The van der Waals surface area contributed by atoms with Crippen molar-refractivity contribution in [1.82, 2.24) is 14.9 Å². The van der Waals surface area contributed by atoms with Crippen LogP contribution in [0.4, 0.5) is 10.5 Å². The van der Waals surface area contributed by atoms with Gasteiger partial charge in [-0.2, -0.15) is 0 Å². The van der Waals surface area contributed by atoms with Gasteiger partial charge in [-0.1, -0.05) is 0 Å². The Morgan fingerprint density at radius 2 is 1.96 bits per heavy atom. The average molecular weight is 358 g/mol. The largest absolute Gasteiger partial charge is 0.494 e. The van der Waals surface area contributed by atoms with Gasteiger partial charge in [0.15, 0.2) is 0 Å². The number of methoxy groups -OCH3 is 1. The van der Waals surface area contributed by atoms with Crippen LogP contribution in [-0.2, 0) is 0 Å². The highest BCUT2D eigenvalue weighted by atomic mass is 16.5. The summed E-state index contributed by atoms with van der Waals surface area (Å²) in [5.74, 6) is 1.46. The number of carbonyl (C=O) groups excluding carboxylic acids is 1. The Bertz CT molecular complexity index is 738. The minimum atomic E-state index is -0.161. The molecule has 2 heterocycles. The van der Waals surface area contributed by atoms with E-state index in [0.29, 0.717) is 31.5 Å². The highest BCUT2D eigenvalue weighted by molar-refractivity contribution is 5.89. The molecular formula is C18H22N4O4.